The summed E-state index contributed by atoms with van der Waals surface area (Å²) in [5.74, 6) is 2.32. The molecular formula is C54H54N4O. The Kier molecular flexibility index (Phi) is 8.35. The van der Waals surface area contributed by atoms with Gasteiger partial charge in [0, 0.05) is 44.6 Å². The SMILES string of the molecule is [2H]C([2H])([2H])c1cc(C)cc(N2CN(c3cc(Oc4ccc5c6cc(-c7c(C)cccc7C)ccc6n(-c6cc(C(C)(C)C)ccn6)c5c4)cc(C(C)(C)C)c3)c3ccccc32)c1. The minimum Gasteiger partial charge on any atom is -0.457 e. The van der Waals surface area contributed by atoms with Crippen LogP contribution in [0.5, 0.6) is 11.5 Å². The van der Waals surface area contributed by atoms with Crippen LogP contribution in [0.1, 0.15) is 79.0 Å². The number of benzene rings is 6. The van der Waals surface area contributed by atoms with Crippen LogP contribution in [0.2, 0.25) is 0 Å². The average molecular weight is 778 g/mol. The van der Waals surface area contributed by atoms with Crippen molar-refractivity contribution < 1.29 is 8.85 Å². The van der Waals surface area contributed by atoms with Gasteiger partial charge in [0.1, 0.15) is 24.0 Å². The number of nitrogens with zero attached hydrogens (tertiary/aromatic N) is 4. The minimum absolute atomic E-state index is 0.0519. The molecule has 0 aliphatic carbocycles. The molecule has 1 aliphatic rings. The molecule has 2 aromatic heterocycles. The van der Waals surface area contributed by atoms with Gasteiger partial charge in [-0.25, -0.2) is 4.98 Å². The van der Waals surface area contributed by atoms with Crippen LogP contribution < -0.4 is 14.5 Å². The van der Waals surface area contributed by atoms with Crippen LogP contribution in [-0.2, 0) is 10.8 Å². The lowest BCUT2D eigenvalue weighted by atomic mass is 9.86. The van der Waals surface area contributed by atoms with E-state index in [1.807, 2.05) is 19.2 Å². The number of rotatable bonds is 6. The van der Waals surface area contributed by atoms with Crippen LogP contribution in [0.15, 0.2) is 134 Å². The fourth-order valence-electron chi connectivity index (χ4n) is 8.69. The Morgan fingerprint density at radius 2 is 1.27 bits per heavy atom. The Hall–Kier alpha value is -6.33. The highest BCUT2D eigenvalue weighted by Gasteiger charge is 2.30. The second kappa shape index (κ2) is 14.2. The van der Waals surface area contributed by atoms with Gasteiger partial charge in [0.2, 0.25) is 0 Å². The van der Waals surface area contributed by atoms with Crippen LogP contribution in [0, 0.1) is 27.6 Å². The fraction of sp³-hybridized carbons (Fsp3) is 0.241. The molecular weight excluding hydrogens is 721 g/mol. The molecule has 59 heavy (non-hydrogen) atoms. The van der Waals surface area contributed by atoms with Crippen molar-refractivity contribution in [1.82, 2.24) is 9.55 Å². The van der Waals surface area contributed by atoms with Crippen molar-refractivity contribution in [1.29, 1.82) is 0 Å². The molecule has 0 radical (unpaired) electrons. The number of pyridine rings is 1. The number of hydrogen-bond donors (Lipinski definition) is 0. The molecule has 0 fully saturated rings. The monoisotopic (exact) mass is 777 g/mol. The molecule has 5 nitrogen and oxygen atoms in total. The van der Waals surface area contributed by atoms with E-state index in [4.69, 9.17) is 13.8 Å². The quantitative estimate of drug-likeness (QED) is 0.168. The zero-order chi connectivity index (χ0) is 43.9. The lowest BCUT2D eigenvalue weighted by Crippen LogP contribution is -2.24. The highest BCUT2D eigenvalue weighted by atomic mass is 16.5. The van der Waals surface area contributed by atoms with E-state index < -0.39 is 6.85 Å². The van der Waals surface area contributed by atoms with Gasteiger partial charge in [-0.1, -0.05) is 84.0 Å². The van der Waals surface area contributed by atoms with E-state index in [-0.39, 0.29) is 10.8 Å². The molecule has 9 rings (SSSR count). The molecule has 0 N–H and O–H groups in total. The van der Waals surface area contributed by atoms with Gasteiger partial charge in [0.05, 0.1) is 22.4 Å². The van der Waals surface area contributed by atoms with E-state index >= 15 is 0 Å². The third-order valence-corrected chi connectivity index (χ3v) is 11.8. The summed E-state index contributed by atoms with van der Waals surface area (Å²) in [7, 11) is 0. The molecule has 0 amide bonds. The van der Waals surface area contributed by atoms with E-state index in [2.05, 4.69) is 179 Å². The first-order chi connectivity index (χ1) is 29.3. The molecule has 3 heterocycles. The van der Waals surface area contributed by atoms with Crippen molar-refractivity contribution >= 4 is 44.6 Å². The zero-order valence-corrected chi connectivity index (χ0v) is 35.6. The summed E-state index contributed by atoms with van der Waals surface area (Å²) < 4.78 is 33.7. The standard InChI is InChI=1S/C54H54N4O/c1-34-24-35(2)26-41(25-34)56-33-57(49-17-12-11-16-48(49)56)42-28-40(54(8,9)10)29-44(31-42)59-43-19-20-45-46-27-38(52-36(3)14-13-15-37(52)4)18-21-47(46)58(50(45)32-43)51-30-39(22-23-55-51)53(5,6)7/h11-32H,33H2,1-10H3/i1D3. The van der Waals surface area contributed by atoms with E-state index in [0.717, 1.165) is 73.0 Å². The molecule has 0 atom stereocenters. The van der Waals surface area contributed by atoms with Crippen molar-refractivity contribution in [3.05, 3.63) is 167 Å². The van der Waals surface area contributed by atoms with Gasteiger partial charge in [0.15, 0.2) is 0 Å². The second-order valence-electron chi connectivity index (χ2n) is 18.3. The summed E-state index contributed by atoms with van der Waals surface area (Å²) in [6, 6.07) is 44.5. The average Bonchev–Trinajstić information content (AvgIpc) is 3.75. The molecule has 1 aliphatic heterocycles. The molecule has 6 aromatic carbocycles. The maximum absolute atomic E-state index is 8.15. The zero-order valence-electron chi connectivity index (χ0n) is 38.6. The van der Waals surface area contributed by atoms with Gasteiger partial charge >= 0.3 is 0 Å². The highest BCUT2D eigenvalue weighted by molar-refractivity contribution is 6.11. The number of para-hydroxylation sites is 2. The van der Waals surface area contributed by atoms with Crippen LogP contribution in [0.4, 0.5) is 22.7 Å². The Labute approximate surface area is 353 Å². The summed E-state index contributed by atoms with van der Waals surface area (Å²) in [5.41, 5.74) is 14.3. The van der Waals surface area contributed by atoms with Crippen LogP contribution in [0.3, 0.4) is 0 Å². The molecule has 296 valence electrons. The van der Waals surface area contributed by atoms with Gasteiger partial charge in [0.25, 0.3) is 0 Å². The number of anilines is 4. The third kappa shape index (κ3) is 7.03. The molecule has 0 saturated heterocycles. The lowest BCUT2D eigenvalue weighted by molar-refractivity contribution is 0.479. The normalized spacial score (nSPS) is 14.1. The molecule has 8 aromatic rings. The summed E-state index contributed by atoms with van der Waals surface area (Å²) in [5, 5.41) is 2.28. The van der Waals surface area contributed by atoms with Crippen molar-refractivity contribution in [2.75, 3.05) is 16.5 Å². The lowest BCUT2D eigenvalue weighted by Gasteiger charge is -2.26. The van der Waals surface area contributed by atoms with Crippen molar-refractivity contribution in [2.24, 2.45) is 0 Å². The Morgan fingerprint density at radius 1 is 0.576 bits per heavy atom. The van der Waals surface area contributed by atoms with Gasteiger partial charge in [-0.2, -0.15) is 0 Å². The number of fused-ring (bicyclic) bond motifs is 4. The number of aryl methyl sites for hydroxylation is 4. The van der Waals surface area contributed by atoms with Gasteiger partial charge in [-0.15, -0.1) is 0 Å². The third-order valence-electron chi connectivity index (χ3n) is 11.8. The molecule has 0 unspecified atom stereocenters. The van der Waals surface area contributed by atoms with Crippen LogP contribution in [-0.4, -0.2) is 16.2 Å². The van der Waals surface area contributed by atoms with Gasteiger partial charge in [-0.3, -0.25) is 4.57 Å². The highest BCUT2D eigenvalue weighted by Crippen LogP contribution is 2.47. The Morgan fingerprint density at radius 3 is 1.97 bits per heavy atom. The minimum atomic E-state index is -2.21. The predicted molar refractivity (Wildman–Crippen MR) is 249 cm³/mol. The smallest absolute Gasteiger partial charge is 0.137 e. The van der Waals surface area contributed by atoms with Crippen LogP contribution >= 0.6 is 0 Å². The Bertz CT molecular complexity index is 3020. The van der Waals surface area contributed by atoms with Crippen molar-refractivity contribution in [2.45, 2.75) is 80.0 Å². The number of ether oxygens (including phenoxy) is 1. The summed E-state index contributed by atoms with van der Waals surface area (Å²) in [6.45, 7) is 18.0. The second-order valence-corrected chi connectivity index (χ2v) is 18.3. The van der Waals surface area contributed by atoms with E-state index in [1.54, 1.807) is 12.1 Å². The summed E-state index contributed by atoms with van der Waals surface area (Å²) in [4.78, 5) is 9.45. The fourth-order valence-corrected chi connectivity index (χ4v) is 8.69. The maximum atomic E-state index is 8.15. The Balaban J connectivity index is 1.16. The van der Waals surface area contributed by atoms with Gasteiger partial charge in [-0.05, 0) is 156 Å². The van der Waals surface area contributed by atoms with Gasteiger partial charge < -0.3 is 14.5 Å². The summed E-state index contributed by atoms with van der Waals surface area (Å²) in [6.07, 6.45) is 1.92. The number of aromatic nitrogens is 2. The number of hydrogen-bond acceptors (Lipinski definition) is 4. The van der Waals surface area contributed by atoms with E-state index in [1.165, 1.54) is 27.8 Å². The predicted octanol–water partition coefficient (Wildman–Crippen LogP) is 14.7. The van der Waals surface area contributed by atoms with Crippen molar-refractivity contribution in [3.63, 3.8) is 0 Å². The first kappa shape index (κ1) is 34.7. The molecule has 5 heteroatoms. The maximum Gasteiger partial charge on any atom is 0.137 e. The molecule has 0 spiro atoms. The summed E-state index contributed by atoms with van der Waals surface area (Å²) >= 11 is 0. The topological polar surface area (TPSA) is 33.5 Å². The van der Waals surface area contributed by atoms with E-state index in [0.29, 0.717) is 12.2 Å². The van der Waals surface area contributed by atoms with Crippen LogP contribution in [0.25, 0.3) is 38.8 Å². The van der Waals surface area contributed by atoms with Crippen molar-refractivity contribution in [3.8, 4) is 28.4 Å². The first-order valence-electron chi connectivity index (χ1n) is 22.0. The largest absolute Gasteiger partial charge is 0.457 e. The molecule has 0 bridgehead atoms. The van der Waals surface area contributed by atoms with E-state index in [9.17, 15) is 0 Å². The first-order valence-corrected chi connectivity index (χ1v) is 20.5. The molecule has 0 saturated carbocycles.